The molecule has 0 aliphatic rings. The third kappa shape index (κ3) is 7.20. The summed E-state index contributed by atoms with van der Waals surface area (Å²) in [6, 6.07) is 16.0. The summed E-state index contributed by atoms with van der Waals surface area (Å²) in [6.07, 6.45) is 9.13. The minimum atomic E-state index is 0.0869. The Hall–Kier alpha value is -2.59. The average molecular weight is 477 g/mol. The highest BCUT2D eigenvalue weighted by Gasteiger charge is 2.21. The lowest BCUT2D eigenvalue weighted by molar-refractivity contribution is 0.103. The van der Waals surface area contributed by atoms with Crippen molar-refractivity contribution >= 4 is 16.7 Å². The summed E-state index contributed by atoms with van der Waals surface area (Å²) >= 11 is 0. The number of unbranched alkanes of at least 4 members (excludes halogenated alkanes) is 3. The lowest BCUT2D eigenvalue weighted by Gasteiger charge is -2.21. The van der Waals surface area contributed by atoms with Gasteiger partial charge in [0.25, 0.3) is 0 Å². The molecule has 1 aromatic heterocycles. The molecule has 3 aromatic rings. The fourth-order valence-corrected chi connectivity index (χ4v) is 4.78. The third-order valence-corrected chi connectivity index (χ3v) is 6.87. The number of aryl methyl sites for hydroxylation is 2. The van der Waals surface area contributed by atoms with E-state index in [9.17, 15) is 4.79 Å². The van der Waals surface area contributed by atoms with Crippen molar-refractivity contribution < 1.29 is 9.53 Å². The Kier molecular flexibility index (Phi) is 10.9. The molecule has 0 spiro atoms. The molecule has 0 fully saturated rings. The van der Waals surface area contributed by atoms with Crippen LogP contribution in [0, 0.1) is 0 Å². The summed E-state index contributed by atoms with van der Waals surface area (Å²) in [4.78, 5) is 16.1. The Morgan fingerprint density at radius 3 is 2.11 bits per heavy atom. The molecule has 4 nitrogen and oxygen atoms in total. The number of benzene rings is 2. The van der Waals surface area contributed by atoms with E-state index in [1.807, 2.05) is 37.4 Å². The normalized spacial score (nSPS) is 11.5. The number of hydrogen-bond donors (Lipinski definition) is 0. The Labute approximate surface area is 212 Å². The summed E-state index contributed by atoms with van der Waals surface area (Å²) < 4.78 is 8.08. The zero-order chi connectivity index (χ0) is 25.0. The molecule has 0 bridgehead atoms. The van der Waals surface area contributed by atoms with Gasteiger partial charge in [0.2, 0.25) is 5.78 Å². The minimum absolute atomic E-state index is 0.0869. The first-order valence-corrected chi connectivity index (χ1v) is 13.7. The van der Waals surface area contributed by atoms with Crippen LogP contribution in [0.1, 0.15) is 87.3 Å². The smallest absolute Gasteiger partial charge is 0.209 e. The highest BCUT2D eigenvalue weighted by atomic mass is 16.5. The molecule has 0 aliphatic heterocycles. The van der Waals surface area contributed by atoms with Gasteiger partial charge in [-0.1, -0.05) is 58.2 Å². The number of para-hydroxylation sites is 1. The second-order valence-electron chi connectivity index (χ2n) is 9.61. The van der Waals surface area contributed by atoms with E-state index in [0.29, 0.717) is 12.2 Å². The van der Waals surface area contributed by atoms with Crippen LogP contribution < -0.4 is 4.74 Å². The maximum atomic E-state index is 13.6. The predicted molar refractivity (Wildman–Crippen MR) is 148 cm³/mol. The Morgan fingerprint density at radius 1 is 0.829 bits per heavy atom. The molecule has 4 heteroatoms. The van der Waals surface area contributed by atoms with E-state index in [1.165, 1.54) is 49.7 Å². The van der Waals surface area contributed by atoms with Gasteiger partial charge < -0.3 is 14.2 Å². The second-order valence-corrected chi connectivity index (χ2v) is 9.61. The van der Waals surface area contributed by atoms with Crippen molar-refractivity contribution in [3.63, 3.8) is 0 Å². The van der Waals surface area contributed by atoms with Crippen LogP contribution in [0.5, 0.6) is 5.75 Å². The molecule has 1 heterocycles. The van der Waals surface area contributed by atoms with E-state index in [2.05, 4.69) is 48.4 Å². The van der Waals surface area contributed by atoms with Gasteiger partial charge in [0.15, 0.2) is 0 Å². The number of fused-ring (bicyclic) bond motifs is 1. The van der Waals surface area contributed by atoms with E-state index < -0.39 is 0 Å². The van der Waals surface area contributed by atoms with Gasteiger partial charge in [-0.15, -0.1) is 0 Å². The summed E-state index contributed by atoms with van der Waals surface area (Å²) in [5.74, 6) is 0.919. The van der Waals surface area contributed by atoms with Crippen LogP contribution >= 0.6 is 0 Å². The van der Waals surface area contributed by atoms with Crippen molar-refractivity contribution in [2.24, 2.45) is 7.05 Å². The van der Waals surface area contributed by atoms with Crippen molar-refractivity contribution in [1.29, 1.82) is 0 Å². The number of ether oxygens (including phenoxy) is 1. The summed E-state index contributed by atoms with van der Waals surface area (Å²) in [7, 11) is 2.01. The van der Waals surface area contributed by atoms with E-state index in [-0.39, 0.29) is 5.78 Å². The predicted octanol–water partition coefficient (Wildman–Crippen LogP) is 7.42. The van der Waals surface area contributed by atoms with Gasteiger partial charge >= 0.3 is 0 Å². The number of carbonyl (C=O) groups excluding carboxylic acids is 1. The van der Waals surface area contributed by atoms with Crippen LogP contribution in [-0.4, -0.2) is 41.5 Å². The molecule has 0 saturated heterocycles. The van der Waals surface area contributed by atoms with E-state index >= 15 is 0 Å². The number of aromatic nitrogens is 1. The standard InChI is InChI=1S/C31H44N2O2/c1-5-8-14-28-27-15-11-12-16-29(27)32(4)30(28)31(34)25-17-19-26(20-18-25)35-24-13-23-33(21-9-6-2)22-10-7-3/h11-12,15-20H,5-10,13-14,21-24H2,1-4H3. The third-order valence-electron chi connectivity index (χ3n) is 6.87. The van der Waals surface area contributed by atoms with Crippen LogP contribution in [0.4, 0.5) is 0 Å². The number of hydrogen-bond acceptors (Lipinski definition) is 3. The zero-order valence-electron chi connectivity index (χ0n) is 22.3. The lowest BCUT2D eigenvalue weighted by Crippen LogP contribution is -2.28. The van der Waals surface area contributed by atoms with Crippen LogP contribution in [-0.2, 0) is 13.5 Å². The largest absolute Gasteiger partial charge is 0.494 e. The van der Waals surface area contributed by atoms with E-state index in [4.69, 9.17) is 4.74 Å². The monoisotopic (exact) mass is 476 g/mol. The molecule has 35 heavy (non-hydrogen) atoms. The van der Waals surface area contributed by atoms with Crippen molar-refractivity contribution in [2.75, 3.05) is 26.2 Å². The summed E-state index contributed by atoms with van der Waals surface area (Å²) in [6.45, 7) is 10.8. The molecule has 0 amide bonds. The Bertz CT molecular complexity index is 1040. The molecule has 2 aromatic carbocycles. The van der Waals surface area contributed by atoms with Gasteiger partial charge in [-0.25, -0.2) is 0 Å². The van der Waals surface area contributed by atoms with Crippen molar-refractivity contribution in [2.45, 2.75) is 72.1 Å². The van der Waals surface area contributed by atoms with Crippen LogP contribution in [0.2, 0.25) is 0 Å². The molecule has 0 atom stereocenters. The van der Waals surface area contributed by atoms with Gasteiger partial charge in [0.05, 0.1) is 12.3 Å². The maximum absolute atomic E-state index is 13.6. The molecule has 190 valence electrons. The van der Waals surface area contributed by atoms with Gasteiger partial charge in [-0.2, -0.15) is 0 Å². The summed E-state index contributed by atoms with van der Waals surface area (Å²) in [5, 5.41) is 1.19. The number of ketones is 1. The highest BCUT2D eigenvalue weighted by Crippen LogP contribution is 2.29. The Morgan fingerprint density at radius 2 is 1.46 bits per heavy atom. The molecule has 0 N–H and O–H groups in total. The zero-order valence-corrected chi connectivity index (χ0v) is 22.3. The first-order chi connectivity index (χ1) is 17.1. The quantitative estimate of drug-likeness (QED) is 0.159. The molecular weight excluding hydrogens is 432 g/mol. The molecule has 0 radical (unpaired) electrons. The number of nitrogens with zero attached hydrogens (tertiary/aromatic N) is 2. The number of carbonyl (C=O) groups is 1. The van der Waals surface area contributed by atoms with Gasteiger partial charge in [-0.3, -0.25) is 4.79 Å². The van der Waals surface area contributed by atoms with Crippen LogP contribution in [0.15, 0.2) is 48.5 Å². The Balaban J connectivity index is 1.63. The van der Waals surface area contributed by atoms with Gasteiger partial charge in [0, 0.05) is 30.1 Å². The first-order valence-electron chi connectivity index (χ1n) is 13.7. The fourth-order valence-electron chi connectivity index (χ4n) is 4.78. The summed E-state index contributed by atoms with van der Waals surface area (Å²) in [5.41, 5.74) is 3.82. The van der Waals surface area contributed by atoms with Crippen LogP contribution in [0.3, 0.4) is 0 Å². The second kappa shape index (κ2) is 14.1. The van der Waals surface area contributed by atoms with Gasteiger partial charge in [-0.05, 0) is 81.1 Å². The molecular formula is C31H44N2O2. The number of rotatable bonds is 16. The maximum Gasteiger partial charge on any atom is 0.209 e. The van der Waals surface area contributed by atoms with Crippen molar-refractivity contribution in [3.8, 4) is 5.75 Å². The topological polar surface area (TPSA) is 34.5 Å². The molecule has 3 rings (SSSR count). The molecule has 0 saturated carbocycles. The molecule has 0 aliphatic carbocycles. The molecule has 0 unspecified atom stereocenters. The lowest BCUT2D eigenvalue weighted by atomic mass is 9.99. The fraction of sp³-hybridized carbons (Fsp3) is 0.516. The van der Waals surface area contributed by atoms with Gasteiger partial charge in [0.1, 0.15) is 5.75 Å². The van der Waals surface area contributed by atoms with Crippen molar-refractivity contribution in [1.82, 2.24) is 9.47 Å². The van der Waals surface area contributed by atoms with Crippen LogP contribution in [0.25, 0.3) is 10.9 Å². The van der Waals surface area contributed by atoms with Crippen molar-refractivity contribution in [3.05, 3.63) is 65.4 Å². The highest BCUT2D eigenvalue weighted by molar-refractivity contribution is 6.12. The average Bonchev–Trinajstić information content (AvgIpc) is 3.17. The van der Waals surface area contributed by atoms with E-state index in [0.717, 1.165) is 49.2 Å². The first kappa shape index (κ1) is 27.0. The minimum Gasteiger partial charge on any atom is -0.494 e. The SMILES string of the molecule is CCCCc1c(C(=O)c2ccc(OCCCN(CCCC)CCCC)cc2)n(C)c2ccccc12. The van der Waals surface area contributed by atoms with E-state index in [1.54, 1.807) is 0 Å².